The molecule has 4 rings (SSSR count). The maximum atomic E-state index is 14.5. The third-order valence-electron chi connectivity index (χ3n) is 5.21. The van der Waals surface area contributed by atoms with Crippen molar-refractivity contribution >= 4 is 17.0 Å². The van der Waals surface area contributed by atoms with Gasteiger partial charge in [-0.25, -0.2) is 23.1 Å². The molecule has 10 heteroatoms. The summed E-state index contributed by atoms with van der Waals surface area (Å²) in [6.45, 7) is 5.19. The van der Waals surface area contributed by atoms with Crippen molar-refractivity contribution in [1.82, 2.24) is 24.6 Å². The minimum atomic E-state index is -1.19. The summed E-state index contributed by atoms with van der Waals surface area (Å²) in [4.78, 5) is 31.1. The number of amides is 1. The highest BCUT2D eigenvalue weighted by molar-refractivity contribution is 5.79. The number of halogens is 2. The van der Waals surface area contributed by atoms with Crippen LogP contribution in [0.15, 0.2) is 29.2 Å². The largest absolute Gasteiger partial charge is 0.465 e. The van der Waals surface area contributed by atoms with Crippen molar-refractivity contribution in [2.45, 2.75) is 45.2 Å². The summed E-state index contributed by atoms with van der Waals surface area (Å²) in [5.41, 5.74) is -2.10. The molecule has 3 aromatic rings. The number of hydrogen-bond acceptors (Lipinski definition) is 4. The van der Waals surface area contributed by atoms with Gasteiger partial charge in [-0.2, -0.15) is 5.10 Å². The Bertz CT molecular complexity index is 1180. The van der Waals surface area contributed by atoms with Crippen LogP contribution in [0.4, 0.5) is 13.6 Å². The molecular formula is C20H21F2N5O3. The first-order valence-electron chi connectivity index (χ1n) is 9.54. The van der Waals surface area contributed by atoms with Crippen LogP contribution >= 0.6 is 0 Å². The highest BCUT2D eigenvalue weighted by Gasteiger charge is 2.46. The van der Waals surface area contributed by atoms with E-state index in [-0.39, 0.29) is 17.6 Å². The van der Waals surface area contributed by atoms with Gasteiger partial charge in [0.15, 0.2) is 5.82 Å². The molecule has 2 heterocycles. The summed E-state index contributed by atoms with van der Waals surface area (Å²) in [6.07, 6.45) is 1.74. The van der Waals surface area contributed by atoms with E-state index in [1.54, 1.807) is 20.8 Å². The zero-order valence-corrected chi connectivity index (χ0v) is 16.7. The predicted octanol–water partition coefficient (Wildman–Crippen LogP) is 3.62. The molecule has 2 aromatic heterocycles. The van der Waals surface area contributed by atoms with E-state index in [0.29, 0.717) is 0 Å². The molecule has 8 nitrogen and oxygen atoms in total. The number of hydrogen-bond donors (Lipinski definition) is 2. The van der Waals surface area contributed by atoms with Crippen molar-refractivity contribution in [2.24, 2.45) is 5.92 Å². The molecule has 0 bridgehead atoms. The Hall–Kier alpha value is -3.30. The number of H-pyrrole nitrogens is 1. The van der Waals surface area contributed by atoms with E-state index in [4.69, 9.17) is 0 Å². The molecule has 0 radical (unpaired) electrons. The molecular weight excluding hydrogens is 396 g/mol. The number of nitrogens with one attached hydrogen (secondary N) is 1. The molecule has 0 aliphatic heterocycles. The zero-order valence-electron chi connectivity index (χ0n) is 16.7. The van der Waals surface area contributed by atoms with Crippen molar-refractivity contribution in [3.8, 4) is 5.82 Å². The van der Waals surface area contributed by atoms with Crippen LogP contribution < -0.4 is 5.56 Å². The summed E-state index contributed by atoms with van der Waals surface area (Å²) in [6, 6.07) is 2.42. The van der Waals surface area contributed by atoms with Crippen LogP contribution in [0.25, 0.3) is 16.7 Å². The van der Waals surface area contributed by atoms with Gasteiger partial charge < -0.3 is 5.11 Å². The van der Waals surface area contributed by atoms with E-state index in [2.05, 4.69) is 15.2 Å². The summed E-state index contributed by atoms with van der Waals surface area (Å²) < 4.78 is 30.1. The number of carbonyl (C=O) groups is 1. The quantitative estimate of drug-likeness (QED) is 0.675. The molecule has 1 fully saturated rings. The topological polar surface area (TPSA) is 104 Å². The van der Waals surface area contributed by atoms with Gasteiger partial charge in [-0.1, -0.05) is 0 Å². The number of rotatable bonds is 4. The van der Waals surface area contributed by atoms with Gasteiger partial charge in [-0.3, -0.25) is 14.8 Å². The highest BCUT2D eigenvalue weighted by atomic mass is 19.1. The second kappa shape index (κ2) is 6.89. The molecule has 0 spiro atoms. The lowest BCUT2D eigenvalue weighted by Gasteiger charge is -2.40. The van der Waals surface area contributed by atoms with E-state index in [9.17, 15) is 23.5 Å². The van der Waals surface area contributed by atoms with E-state index in [0.717, 1.165) is 29.5 Å². The Morgan fingerprint density at radius 1 is 1.27 bits per heavy atom. The fraction of sp³-hybridized carbons (Fsp3) is 0.400. The van der Waals surface area contributed by atoms with Gasteiger partial charge in [0.2, 0.25) is 0 Å². The van der Waals surface area contributed by atoms with Crippen LogP contribution in [-0.4, -0.2) is 41.4 Å². The first-order valence-corrected chi connectivity index (χ1v) is 9.54. The predicted molar refractivity (Wildman–Crippen MR) is 104 cm³/mol. The van der Waals surface area contributed by atoms with E-state index < -0.39 is 45.8 Å². The fourth-order valence-electron chi connectivity index (χ4n) is 3.80. The number of fused-ring (bicyclic) bond motifs is 1. The zero-order chi connectivity index (χ0) is 21.8. The molecule has 158 valence electrons. The molecule has 2 N–H and O–H groups in total. The Kier molecular flexibility index (Phi) is 4.59. The van der Waals surface area contributed by atoms with Crippen LogP contribution in [0.1, 0.15) is 45.5 Å². The summed E-state index contributed by atoms with van der Waals surface area (Å²) in [7, 11) is 0. The minimum Gasteiger partial charge on any atom is -0.465 e. The monoisotopic (exact) mass is 417 g/mol. The van der Waals surface area contributed by atoms with Crippen molar-refractivity contribution in [3.63, 3.8) is 0 Å². The van der Waals surface area contributed by atoms with Crippen LogP contribution in [-0.2, 0) is 0 Å². The number of aromatic nitrogens is 4. The number of carboxylic acid groups (broad SMARTS) is 1. The molecule has 1 aromatic carbocycles. The first-order chi connectivity index (χ1) is 14.1. The van der Waals surface area contributed by atoms with E-state index >= 15 is 0 Å². The minimum absolute atomic E-state index is 0.0175. The fourth-order valence-corrected chi connectivity index (χ4v) is 3.80. The number of benzene rings is 1. The Morgan fingerprint density at radius 2 is 1.93 bits per heavy atom. The molecule has 30 heavy (non-hydrogen) atoms. The maximum Gasteiger partial charge on any atom is 0.408 e. The number of aromatic amines is 1. The van der Waals surface area contributed by atoms with Gasteiger partial charge >= 0.3 is 6.09 Å². The van der Waals surface area contributed by atoms with E-state index in [1.165, 1.54) is 17.2 Å². The van der Waals surface area contributed by atoms with Crippen molar-refractivity contribution in [3.05, 3.63) is 52.2 Å². The molecule has 1 aliphatic rings. The smallest absolute Gasteiger partial charge is 0.408 e. The highest BCUT2D eigenvalue weighted by Crippen LogP contribution is 2.46. The maximum absolute atomic E-state index is 14.5. The standard InChI is InChI=1S/C20H21F2N5O3/c1-20(2,3)27(19(29)30)16(10-4-5-10)17-24-15-12(22)7-6-11(21)14(15)18(28)26(17)13-8-9-23-25-13/h6-10,16H,4-5H2,1-3H3,(H,23,25)(H,29,30). The molecule has 1 amide bonds. The van der Waals surface area contributed by atoms with Crippen LogP contribution in [0.3, 0.4) is 0 Å². The van der Waals surface area contributed by atoms with Crippen LogP contribution in [0, 0.1) is 17.6 Å². The Morgan fingerprint density at radius 3 is 2.47 bits per heavy atom. The lowest BCUT2D eigenvalue weighted by molar-refractivity contribution is 0.0581. The van der Waals surface area contributed by atoms with Gasteiger partial charge in [0, 0.05) is 17.8 Å². The normalized spacial score (nSPS) is 15.4. The van der Waals surface area contributed by atoms with Gasteiger partial charge in [-0.15, -0.1) is 0 Å². The molecule has 1 aliphatic carbocycles. The summed E-state index contributed by atoms with van der Waals surface area (Å²) >= 11 is 0. The van der Waals surface area contributed by atoms with Gasteiger partial charge in [0.05, 0.1) is 6.04 Å². The van der Waals surface area contributed by atoms with Crippen molar-refractivity contribution in [2.75, 3.05) is 0 Å². The summed E-state index contributed by atoms with van der Waals surface area (Å²) in [5.74, 6) is -1.73. The van der Waals surface area contributed by atoms with Gasteiger partial charge in [-0.05, 0) is 51.7 Å². The first kappa shape index (κ1) is 20.0. The lowest BCUT2D eigenvalue weighted by Crippen LogP contribution is -2.49. The lowest BCUT2D eigenvalue weighted by atomic mass is 9.99. The van der Waals surface area contributed by atoms with Gasteiger partial charge in [0.1, 0.15) is 28.4 Å². The second-order valence-corrected chi connectivity index (χ2v) is 8.40. The SMILES string of the molecule is CC(C)(C)N(C(=O)O)C(c1nc2c(F)ccc(F)c2c(=O)n1-c1cc[nH]n1)C1CC1. The van der Waals surface area contributed by atoms with Crippen LogP contribution in [0.2, 0.25) is 0 Å². The van der Waals surface area contributed by atoms with E-state index in [1.807, 2.05) is 0 Å². The van der Waals surface area contributed by atoms with Crippen LogP contribution in [0.5, 0.6) is 0 Å². The third kappa shape index (κ3) is 3.21. The molecule has 1 saturated carbocycles. The number of nitrogens with zero attached hydrogens (tertiary/aromatic N) is 4. The second-order valence-electron chi connectivity index (χ2n) is 8.40. The van der Waals surface area contributed by atoms with Gasteiger partial charge in [0.25, 0.3) is 5.56 Å². The third-order valence-corrected chi connectivity index (χ3v) is 5.21. The average Bonchev–Trinajstić information content (AvgIpc) is 3.35. The molecule has 0 saturated heterocycles. The summed E-state index contributed by atoms with van der Waals surface area (Å²) in [5, 5.41) is 16.1. The Balaban J connectivity index is 2.11. The molecule has 1 unspecified atom stereocenters. The van der Waals surface area contributed by atoms with Crippen molar-refractivity contribution < 1.29 is 18.7 Å². The molecule has 1 atom stereocenters. The van der Waals surface area contributed by atoms with Crippen molar-refractivity contribution in [1.29, 1.82) is 0 Å². The average molecular weight is 417 g/mol. The Labute approximate surface area is 170 Å².